The first-order valence-electron chi connectivity index (χ1n) is 10.3. The van der Waals surface area contributed by atoms with Gasteiger partial charge < -0.3 is 10.6 Å². The third-order valence-electron chi connectivity index (χ3n) is 5.60. The molecule has 1 amide bonds. The van der Waals surface area contributed by atoms with E-state index in [1.807, 2.05) is 48.5 Å². The van der Waals surface area contributed by atoms with Gasteiger partial charge in [-0.25, -0.2) is 0 Å². The fourth-order valence-corrected chi connectivity index (χ4v) is 4.03. The van der Waals surface area contributed by atoms with Gasteiger partial charge in [-0.2, -0.15) is 0 Å². The highest BCUT2D eigenvalue weighted by molar-refractivity contribution is 6.09. The number of nitrogens with one attached hydrogen (secondary N) is 2. The molecule has 1 heterocycles. The summed E-state index contributed by atoms with van der Waals surface area (Å²) >= 11 is 0. The van der Waals surface area contributed by atoms with E-state index in [0.29, 0.717) is 11.5 Å². The molecule has 0 unspecified atom stereocenters. The highest BCUT2D eigenvalue weighted by Crippen LogP contribution is 2.31. The van der Waals surface area contributed by atoms with Gasteiger partial charge in [0, 0.05) is 17.5 Å². The molecule has 28 heavy (non-hydrogen) atoms. The fourth-order valence-electron chi connectivity index (χ4n) is 4.03. The van der Waals surface area contributed by atoms with Crippen molar-refractivity contribution in [1.82, 2.24) is 4.98 Å². The molecule has 0 radical (unpaired) electrons. The van der Waals surface area contributed by atoms with Crippen LogP contribution in [0.5, 0.6) is 0 Å². The van der Waals surface area contributed by atoms with Crippen molar-refractivity contribution < 1.29 is 4.79 Å². The average Bonchev–Trinajstić information content (AvgIpc) is 3.02. The Kier molecular flexibility index (Phi) is 5.86. The van der Waals surface area contributed by atoms with Crippen molar-refractivity contribution >= 4 is 28.2 Å². The number of para-hydroxylation sites is 1. The molecule has 144 valence electrons. The van der Waals surface area contributed by atoms with Crippen LogP contribution in [0.15, 0.2) is 60.8 Å². The number of benzene rings is 2. The largest absolute Gasteiger partial charge is 0.382 e. The van der Waals surface area contributed by atoms with Crippen LogP contribution >= 0.6 is 0 Å². The minimum Gasteiger partial charge on any atom is -0.382 e. The predicted molar refractivity (Wildman–Crippen MR) is 116 cm³/mol. The second kappa shape index (κ2) is 8.87. The summed E-state index contributed by atoms with van der Waals surface area (Å²) in [6, 6.07) is 17.4. The van der Waals surface area contributed by atoms with Crippen LogP contribution in [0.4, 0.5) is 11.4 Å². The highest BCUT2D eigenvalue weighted by atomic mass is 16.1. The third-order valence-corrected chi connectivity index (χ3v) is 5.60. The number of nitrogens with zero attached hydrogens (tertiary/aromatic N) is 1. The van der Waals surface area contributed by atoms with Gasteiger partial charge in [-0.3, -0.25) is 9.78 Å². The summed E-state index contributed by atoms with van der Waals surface area (Å²) in [7, 11) is 0. The molecule has 0 aliphatic heterocycles. The quantitative estimate of drug-likeness (QED) is 0.550. The monoisotopic (exact) mass is 373 g/mol. The lowest BCUT2D eigenvalue weighted by atomic mass is 10.00. The van der Waals surface area contributed by atoms with Crippen molar-refractivity contribution in [3.8, 4) is 0 Å². The summed E-state index contributed by atoms with van der Waals surface area (Å²) in [6.07, 6.45) is 9.67. The third kappa shape index (κ3) is 4.33. The lowest BCUT2D eigenvalue weighted by Crippen LogP contribution is -2.17. The number of hydrogen-bond acceptors (Lipinski definition) is 3. The molecule has 0 spiro atoms. The molecule has 0 bridgehead atoms. The Balaban J connectivity index is 1.60. The van der Waals surface area contributed by atoms with Crippen molar-refractivity contribution in [3.05, 3.63) is 66.4 Å². The van der Waals surface area contributed by atoms with Gasteiger partial charge in [0.05, 0.1) is 23.1 Å². The van der Waals surface area contributed by atoms with Crippen molar-refractivity contribution in [3.63, 3.8) is 0 Å². The molecule has 3 aromatic rings. The molecule has 4 rings (SSSR count). The number of pyridine rings is 1. The summed E-state index contributed by atoms with van der Waals surface area (Å²) in [5.74, 6) is 0.572. The van der Waals surface area contributed by atoms with E-state index < -0.39 is 0 Å². The van der Waals surface area contributed by atoms with Gasteiger partial charge in [0.15, 0.2) is 0 Å². The lowest BCUT2D eigenvalue weighted by molar-refractivity contribution is 0.102. The van der Waals surface area contributed by atoms with Gasteiger partial charge in [-0.15, -0.1) is 0 Å². The van der Waals surface area contributed by atoms with E-state index in [1.165, 1.54) is 38.5 Å². The summed E-state index contributed by atoms with van der Waals surface area (Å²) in [5, 5.41) is 7.75. The zero-order valence-corrected chi connectivity index (χ0v) is 16.2. The number of aromatic nitrogens is 1. The minimum atomic E-state index is -0.116. The van der Waals surface area contributed by atoms with Crippen molar-refractivity contribution in [1.29, 1.82) is 0 Å². The van der Waals surface area contributed by atoms with Gasteiger partial charge in [0.2, 0.25) is 0 Å². The molecule has 4 heteroatoms. The Morgan fingerprint density at radius 3 is 2.43 bits per heavy atom. The number of rotatable bonds is 5. The highest BCUT2D eigenvalue weighted by Gasteiger charge is 2.16. The Morgan fingerprint density at radius 1 is 0.929 bits per heavy atom. The Bertz CT molecular complexity index is 931. The number of hydrogen-bond donors (Lipinski definition) is 2. The molecular weight excluding hydrogens is 346 g/mol. The molecule has 1 fully saturated rings. The number of fused-ring (bicyclic) bond motifs is 1. The van der Waals surface area contributed by atoms with Gasteiger partial charge in [-0.05, 0) is 37.0 Å². The van der Waals surface area contributed by atoms with Crippen LogP contribution in [-0.2, 0) is 0 Å². The first-order chi connectivity index (χ1) is 13.8. The number of amides is 1. The number of anilines is 2. The van der Waals surface area contributed by atoms with Gasteiger partial charge in [0.25, 0.3) is 5.91 Å². The SMILES string of the molecule is O=C(Nc1cnc2ccccc2c1NCC1CCCCCC1)c1ccccc1. The molecule has 2 N–H and O–H groups in total. The Morgan fingerprint density at radius 2 is 1.64 bits per heavy atom. The molecule has 4 nitrogen and oxygen atoms in total. The molecule has 1 aliphatic rings. The molecule has 2 aromatic carbocycles. The maximum absolute atomic E-state index is 12.7. The van der Waals surface area contributed by atoms with E-state index in [0.717, 1.165) is 28.8 Å². The molecule has 0 saturated heterocycles. The maximum atomic E-state index is 12.7. The van der Waals surface area contributed by atoms with Gasteiger partial charge in [-0.1, -0.05) is 62.1 Å². The maximum Gasteiger partial charge on any atom is 0.255 e. The molecule has 1 saturated carbocycles. The van der Waals surface area contributed by atoms with E-state index >= 15 is 0 Å². The van der Waals surface area contributed by atoms with Crippen LogP contribution in [0.25, 0.3) is 10.9 Å². The zero-order valence-electron chi connectivity index (χ0n) is 16.2. The van der Waals surface area contributed by atoms with E-state index in [9.17, 15) is 4.79 Å². The van der Waals surface area contributed by atoms with Crippen molar-refractivity contribution in [2.24, 2.45) is 5.92 Å². The van der Waals surface area contributed by atoms with Gasteiger partial charge in [0.1, 0.15) is 0 Å². The van der Waals surface area contributed by atoms with Crippen molar-refractivity contribution in [2.75, 3.05) is 17.2 Å². The fraction of sp³-hybridized carbons (Fsp3) is 0.333. The summed E-state index contributed by atoms with van der Waals surface area (Å²) in [6.45, 7) is 0.933. The van der Waals surface area contributed by atoms with Crippen LogP contribution in [0, 0.1) is 5.92 Å². The van der Waals surface area contributed by atoms with E-state index in [2.05, 4.69) is 21.7 Å². The van der Waals surface area contributed by atoms with Gasteiger partial charge >= 0.3 is 0 Å². The predicted octanol–water partition coefficient (Wildman–Crippen LogP) is 5.87. The number of carbonyl (C=O) groups excluding carboxylic acids is 1. The standard InChI is InChI=1S/C24H27N3O/c28-24(19-12-6-3-7-13-19)27-22-17-25-21-15-9-8-14-20(21)23(22)26-16-18-10-4-1-2-5-11-18/h3,6-9,12-15,17-18H,1-2,4-5,10-11,16H2,(H,25,26)(H,27,28). The zero-order chi connectivity index (χ0) is 19.2. The van der Waals surface area contributed by atoms with Crippen LogP contribution in [0.3, 0.4) is 0 Å². The summed E-state index contributed by atoms with van der Waals surface area (Å²) in [5.41, 5.74) is 3.29. The minimum absolute atomic E-state index is 0.116. The summed E-state index contributed by atoms with van der Waals surface area (Å²) in [4.78, 5) is 17.2. The lowest BCUT2D eigenvalue weighted by Gasteiger charge is -2.19. The normalized spacial score (nSPS) is 15.1. The average molecular weight is 374 g/mol. The Hall–Kier alpha value is -2.88. The van der Waals surface area contributed by atoms with Crippen LogP contribution in [-0.4, -0.2) is 17.4 Å². The summed E-state index contributed by atoms with van der Waals surface area (Å²) < 4.78 is 0. The number of carbonyl (C=O) groups is 1. The Labute approximate surface area is 166 Å². The van der Waals surface area contributed by atoms with Crippen LogP contribution in [0.1, 0.15) is 48.9 Å². The van der Waals surface area contributed by atoms with Crippen molar-refractivity contribution in [2.45, 2.75) is 38.5 Å². The smallest absolute Gasteiger partial charge is 0.255 e. The second-order valence-electron chi connectivity index (χ2n) is 7.62. The first-order valence-corrected chi connectivity index (χ1v) is 10.3. The van der Waals surface area contributed by atoms with E-state index in [4.69, 9.17) is 0 Å². The second-order valence-corrected chi connectivity index (χ2v) is 7.62. The topological polar surface area (TPSA) is 54.0 Å². The molecule has 1 aromatic heterocycles. The molecule has 0 atom stereocenters. The van der Waals surface area contributed by atoms with Crippen LogP contribution < -0.4 is 10.6 Å². The van der Waals surface area contributed by atoms with E-state index in [-0.39, 0.29) is 5.91 Å². The molecular formula is C24H27N3O. The first kappa shape index (κ1) is 18.5. The van der Waals surface area contributed by atoms with E-state index in [1.54, 1.807) is 6.20 Å². The molecule has 1 aliphatic carbocycles. The van der Waals surface area contributed by atoms with Crippen LogP contribution in [0.2, 0.25) is 0 Å².